The maximum Gasteiger partial charge on any atom is 0.248 e. The number of hydrogen-bond acceptors (Lipinski definition) is 6. The van der Waals surface area contributed by atoms with Crippen LogP contribution in [0.1, 0.15) is 29.2 Å². The molecule has 1 fully saturated rings. The number of carbonyl (C=O) groups is 1. The molecule has 5 rings (SSSR count). The standard InChI is InChI=1S/C23H26N6O3S/c30-23(22(29-17-24-25-26-29)15-18-5-2-1-3-6-18)27-11-13-28(14-12-27)33(31,32)21-10-9-19-7-4-8-20(19)16-21/h1-3,5-6,9-10,16-17,22H,4,7-8,11-15H2/t22-/m1/s1. The van der Waals surface area contributed by atoms with Crippen molar-refractivity contribution in [3.8, 4) is 0 Å². The molecule has 33 heavy (non-hydrogen) atoms. The van der Waals surface area contributed by atoms with Crippen LogP contribution in [0.4, 0.5) is 0 Å². The molecule has 0 N–H and O–H groups in total. The van der Waals surface area contributed by atoms with Gasteiger partial charge in [-0.25, -0.2) is 13.1 Å². The summed E-state index contributed by atoms with van der Waals surface area (Å²) in [4.78, 5) is 15.5. The first-order valence-electron chi connectivity index (χ1n) is 11.2. The third kappa shape index (κ3) is 4.40. The van der Waals surface area contributed by atoms with E-state index in [2.05, 4.69) is 15.5 Å². The zero-order valence-electron chi connectivity index (χ0n) is 18.2. The van der Waals surface area contributed by atoms with Crippen LogP contribution in [0.15, 0.2) is 59.8 Å². The van der Waals surface area contributed by atoms with Crippen LogP contribution in [0.5, 0.6) is 0 Å². The topological polar surface area (TPSA) is 101 Å². The van der Waals surface area contributed by atoms with E-state index < -0.39 is 16.1 Å². The molecule has 1 aliphatic carbocycles. The Bertz CT molecular complexity index is 1220. The number of sulfonamides is 1. The molecule has 10 heteroatoms. The van der Waals surface area contributed by atoms with Gasteiger partial charge in [0, 0.05) is 32.6 Å². The van der Waals surface area contributed by atoms with Gasteiger partial charge in [-0.05, 0) is 58.5 Å². The summed E-state index contributed by atoms with van der Waals surface area (Å²) in [5.74, 6) is -0.110. The second-order valence-electron chi connectivity index (χ2n) is 8.51. The lowest BCUT2D eigenvalue weighted by Crippen LogP contribution is -2.52. The molecule has 2 aliphatic rings. The molecule has 1 aliphatic heterocycles. The van der Waals surface area contributed by atoms with Crippen LogP contribution >= 0.6 is 0 Å². The monoisotopic (exact) mass is 466 g/mol. The summed E-state index contributed by atoms with van der Waals surface area (Å²) in [5, 5.41) is 11.3. The molecule has 3 aromatic rings. The molecule has 1 amide bonds. The first-order valence-corrected chi connectivity index (χ1v) is 12.6. The second kappa shape index (κ2) is 9.03. The number of carbonyl (C=O) groups excluding carboxylic acids is 1. The summed E-state index contributed by atoms with van der Waals surface area (Å²) in [7, 11) is -3.59. The highest BCUT2D eigenvalue weighted by molar-refractivity contribution is 7.89. The minimum atomic E-state index is -3.59. The molecule has 0 spiro atoms. The molecule has 2 heterocycles. The highest BCUT2D eigenvalue weighted by Gasteiger charge is 2.34. The van der Waals surface area contributed by atoms with Crippen molar-refractivity contribution < 1.29 is 13.2 Å². The molecule has 9 nitrogen and oxygen atoms in total. The molecule has 0 bridgehead atoms. The SMILES string of the molecule is O=C([C@@H](Cc1ccccc1)n1cnnn1)N1CCN(S(=O)(=O)c2ccc3c(c2)CCC3)CC1. The van der Waals surface area contributed by atoms with Gasteiger partial charge >= 0.3 is 0 Å². The fourth-order valence-electron chi connectivity index (χ4n) is 4.66. The Morgan fingerprint density at radius 2 is 1.73 bits per heavy atom. The number of hydrogen-bond donors (Lipinski definition) is 0. The zero-order valence-corrected chi connectivity index (χ0v) is 19.1. The van der Waals surface area contributed by atoms with Crippen LogP contribution in [0.2, 0.25) is 0 Å². The summed E-state index contributed by atoms with van der Waals surface area (Å²) in [5.41, 5.74) is 3.38. The average molecular weight is 467 g/mol. The fraction of sp³-hybridized carbons (Fsp3) is 0.391. The van der Waals surface area contributed by atoms with E-state index in [1.165, 1.54) is 20.9 Å². The smallest absolute Gasteiger partial charge is 0.248 e. The highest BCUT2D eigenvalue weighted by Crippen LogP contribution is 2.27. The second-order valence-corrected chi connectivity index (χ2v) is 10.4. The van der Waals surface area contributed by atoms with Crippen molar-refractivity contribution in [1.29, 1.82) is 0 Å². The molecule has 172 valence electrons. The van der Waals surface area contributed by atoms with Gasteiger partial charge in [-0.2, -0.15) is 4.31 Å². The van der Waals surface area contributed by atoms with Gasteiger partial charge in [-0.15, -0.1) is 5.10 Å². The number of rotatable bonds is 6. The number of benzene rings is 2. The summed E-state index contributed by atoms with van der Waals surface area (Å²) >= 11 is 0. The van der Waals surface area contributed by atoms with Crippen molar-refractivity contribution >= 4 is 15.9 Å². The number of amides is 1. The van der Waals surface area contributed by atoms with E-state index in [1.807, 2.05) is 42.5 Å². The molecule has 1 aromatic heterocycles. The van der Waals surface area contributed by atoms with Crippen molar-refractivity contribution in [2.24, 2.45) is 0 Å². The summed E-state index contributed by atoms with van der Waals surface area (Å²) in [6, 6.07) is 14.6. The van der Waals surface area contributed by atoms with Crippen LogP contribution in [0.3, 0.4) is 0 Å². The maximum absolute atomic E-state index is 13.4. The number of aromatic nitrogens is 4. The number of piperazine rings is 1. The van der Waals surface area contributed by atoms with Crippen LogP contribution in [-0.2, 0) is 34.1 Å². The van der Waals surface area contributed by atoms with Gasteiger partial charge < -0.3 is 4.90 Å². The Morgan fingerprint density at radius 3 is 2.45 bits per heavy atom. The first-order chi connectivity index (χ1) is 16.0. The Hall–Kier alpha value is -3.11. The third-order valence-electron chi connectivity index (χ3n) is 6.50. The molecular weight excluding hydrogens is 440 g/mol. The highest BCUT2D eigenvalue weighted by atomic mass is 32.2. The van der Waals surface area contributed by atoms with Crippen LogP contribution < -0.4 is 0 Å². The quantitative estimate of drug-likeness (QED) is 0.545. The molecule has 0 saturated carbocycles. The Balaban J connectivity index is 1.29. The van der Waals surface area contributed by atoms with Crippen molar-refractivity contribution in [2.75, 3.05) is 26.2 Å². The van der Waals surface area contributed by atoms with E-state index in [4.69, 9.17) is 0 Å². The Kier molecular flexibility index (Phi) is 5.94. The number of aryl methyl sites for hydroxylation is 2. The normalized spacial score (nSPS) is 17.6. The van der Waals surface area contributed by atoms with Crippen molar-refractivity contribution in [2.45, 2.75) is 36.6 Å². The van der Waals surface area contributed by atoms with Gasteiger partial charge in [-0.1, -0.05) is 36.4 Å². The van der Waals surface area contributed by atoms with E-state index in [0.717, 1.165) is 30.4 Å². The molecular formula is C23H26N6O3S. The lowest BCUT2D eigenvalue weighted by molar-refractivity contribution is -0.136. The van der Waals surface area contributed by atoms with Gasteiger partial charge in [0.05, 0.1) is 4.90 Å². The molecule has 1 saturated heterocycles. The van der Waals surface area contributed by atoms with Gasteiger partial charge in [0.25, 0.3) is 0 Å². The number of tetrazole rings is 1. The molecule has 2 aromatic carbocycles. The zero-order chi connectivity index (χ0) is 22.8. The third-order valence-corrected chi connectivity index (χ3v) is 8.39. The molecule has 0 unspecified atom stereocenters. The van der Waals surface area contributed by atoms with Crippen LogP contribution in [-0.4, -0.2) is 69.9 Å². The minimum Gasteiger partial charge on any atom is -0.338 e. The summed E-state index contributed by atoms with van der Waals surface area (Å²) < 4.78 is 29.4. The average Bonchev–Trinajstić information content (AvgIpc) is 3.54. The van der Waals surface area contributed by atoms with E-state index in [9.17, 15) is 13.2 Å². The minimum absolute atomic E-state index is 0.110. The Morgan fingerprint density at radius 1 is 0.970 bits per heavy atom. The summed E-state index contributed by atoms with van der Waals surface area (Å²) in [6.07, 6.45) is 4.92. The van der Waals surface area contributed by atoms with Crippen LogP contribution in [0, 0.1) is 0 Å². The van der Waals surface area contributed by atoms with E-state index in [1.54, 1.807) is 11.0 Å². The summed E-state index contributed by atoms with van der Waals surface area (Å²) in [6.45, 7) is 1.19. The van der Waals surface area contributed by atoms with Gasteiger partial charge in [-0.3, -0.25) is 4.79 Å². The van der Waals surface area contributed by atoms with Crippen LogP contribution in [0.25, 0.3) is 0 Å². The fourth-order valence-corrected chi connectivity index (χ4v) is 6.13. The largest absolute Gasteiger partial charge is 0.338 e. The van der Waals surface area contributed by atoms with Crippen molar-refractivity contribution in [3.63, 3.8) is 0 Å². The van der Waals surface area contributed by atoms with E-state index in [-0.39, 0.29) is 19.0 Å². The Labute approximate surface area is 193 Å². The van der Waals surface area contributed by atoms with Gasteiger partial charge in [0.2, 0.25) is 15.9 Å². The van der Waals surface area contributed by atoms with Gasteiger partial charge in [0.15, 0.2) is 0 Å². The predicted molar refractivity (Wildman–Crippen MR) is 121 cm³/mol. The molecule has 1 atom stereocenters. The lowest BCUT2D eigenvalue weighted by Gasteiger charge is -2.35. The number of fused-ring (bicyclic) bond motifs is 1. The van der Waals surface area contributed by atoms with Crippen molar-refractivity contribution in [3.05, 3.63) is 71.5 Å². The van der Waals surface area contributed by atoms with E-state index >= 15 is 0 Å². The van der Waals surface area contributed by atoms with Crippen molar-refractivity contribution in [1.82, 2.24) is 29.4 Å². The van der Waals surface area contributed by atoms with Gasteiger partial charge in [0.1, 0.15) is 12.4 Å². The first kappa shape index (κ1) is 21.7. The lowest BCUT2D eigenvalue weighted by atomic mass is 10.0. The predicted octanol–water partition coefficient (Wildman–Crippen LogP) is 1.48. The number of nitrogens with zero attached hydrogens (tertiary/aromatic N) is 6. The molecule has 0 radical (unpaired) electrons. The maximum atomic E-state index is 13.4. The van der Waals surface area contributed by atoms with E-state index in [0.29, 0.717) is 24.4 Å².